The second kappa shape index (κ2) is 8.42. The Bertz CT molecular complexity index is 758. The number of amides is 1. The first kappa shape index (κ1) is 18.5. The molecule has 140 valence electrons. The van der Waals surface area contributed by atoms with Crippen LogP contribution < -0.4 is 0 Å². The third-order valence-corrected chi connectivity index (χ3v) is 4.86. The third-order valence-electron chi connectivity index (χ3n) is 4.86. The standard InChI is InChI=1S/C19H27N5O2/c1-15-5-3-6-20-18(15)19(26)23-8-4-7-22(9-10-23)13-17-14-24(11-12-25)21-16(17)2/h3,5-6,14,25H,4,7-13H2,1-2H3. The molecule has 0 bridgehead atoms. The van der Waals surface area contributed by atoms with Crippen LogP contribution in [-0.4, -0.2) is 68.4 Å². The van der Waals surface area contributed by atoms with Crippen molar-refractivity contribution in [2.75, 3.05) is 32.8 Å². The summed E-state index contributed by atoms with van der Waals surface area (Å²) in [4.78, 5) is 21.3. The summed E-state index contributed by atoms with van der Waals surface area (Å²) in [5.41, 5.74) is 3.66. The van der Waals surface area contributed by atoms with Crippen LogP contribution in [0.2, 0.25) is 0 Å². The topological polar surface area (TPSA) is 74.5 Å². The molecule has 1 fully saturated rings. The summed E-state index contributed by atoms with van der Waals surface area (Å²) in [5.74, 6) is 0.0249. The molecule has 3 heterocycles. The van der Waals surface area contributed by atoms with E-state index in [1.807, 2.05) is 37.1 Å². The molecule has 2 aromatic heterocycles. The van der Waals surface area contributed by atoms with E-state index >= 15 is 0 Å². The first-order chi connectivity index (χ1) is 12.6. The molecule has 1 aliphatic heterocycles. The Morgan fingerprint density at radius 3 is 2.85 bits per heavy atom. The van der Waals surface area contributed by atoms with Crippen molar-refractivity contribution in [1.29, 1.82) is 0 Å². The molecule has 1 N–H and O–H groups in total. The Hall–Kier alpha value is -2.25. The summed E-state index contributed by atoms with van der Waals surface area (Å²) in [5, 5.41) is 13.5. The quantitative estimate of drug-likeness (QED) is 0.871. The summed E-state index contributed by atoms with van der Waals surface area (Å²) in [6.07, 6.45) is 4.63. The van der Waals surface area contributed by atoms with Crippen molar-refractivity contribution in [1.82, 2.24) is 24.6 Å². The van der Waals surface area contributed by atoms with Gasteiger partial charge in [0.2, 0.25) is 0 Å². The number of pyridine rings is 1. The summed E-state index contributed by atoms with van der Waals surface area (Å²) in [6, 6.07) is 3.78. The molecule has 1 aliphatic rings. The van der Waals surface area contributed by atoms with Gasteiger partial charge in [0.05, 0.1) is 18.8 Å². The van der Waals surface area contributed by atoms with Gasteiger partial charge in [-0.2, -0.15) is 5.10 Å². The first-order valence-electron chi connectivity index (χ1n) is 9.15. The lowest BCUT2D eigenvalue weighted by Crippen LogP contribution is -2.35. The predicted molar refractivity (Wildman–Crippen MR) is 98.8 cm³/mol. The third kappa shape index (κ3) is 4.28. The summed E-state index contributed by atoms with van der Waals surface area (Å²) in [7, 11) is 0. The van der Waals surface area contributed by atoms with Crippen molar-refractivity contribution in [2.45, 2.75) is 33.4 Å². The van der Waals surface area contributed by atoms with E-state index in [0.717, 1.165) is 43.9 Å². The fourth-order valence-electron chi connectivity index (χ4n) is 3.36. The maximum absolute atomic E-state index is 12.8. The van der Waals surface area contributed by atoms with Gasteiger partial charge < -0.3 is 10.0 Å². The molecule has 0 spiro atoms. The van der Waals surface area contributed by atoms with E-state index in [1.165, 1.54) is 5.56 Å². The fourth-order valence-corrected chi connectivity index (χ4v) is 3.36. The van der Waals surface area contributed by atoms with Crippen molar-refractivity contribution >= 4 is 5.91 Å². The SMILES string of the molecule is Cc1cccnc1C(=O)N1CCCN(Cc2cn(CCO)nc2C)CC1. The molecule has 0 aromatic carbocycles. The lowest BCUT2D eigenvalue weighted by atomic mass is 10.2. The normalized spacial score (nSPS) is 15.9. The summed E-state index contributed by atoms with van der Waals surface area (Å²) < 4.78 is 1.79. The van der Waals surface area contributed by atoms with Crippen LogP contribution >= 0.6 is 0 Å². The molecule has 0 radical (unpaired) electrons. The van der Waals surface area contributed by atoms with Gasteiger partial charge in [-0.25, -0.2) is 0 Å². The van der Waals surface area contributed by atoms with Crippen molar-refractivity contribution in [2.24, 2.45) is 0 Å². The molecule has 2 aromatic rings. The van der Waals surface area contributed by atoms with Crippen LogP contribution in [0.25, 0.3) is 0 Å². The smallest absolute Gasteiger partial charge is 0.272 e. The highest BCUT2D eigenvalue weighted by atomic mass is 16.3. The molecule has 0 unspecified atom stereocenters. The summed E-state index contributed by atoms with van der Waals surface area (Å²) in [6.45, 7) is 8.62. The van der Waals surface area contributed by atoms with Gasteiger partial charge in [0.25, 0.3) is 5.91 Å². The molecule has 0 atom stereocenters. The highest BCUT2D eigenvalue weighted by molar-refractivity contribution is 5.93. The molecule has 7 heteroatoms. The van der Waals surface area contributed by atoms with Gasteiger partial charge in [0.1, 0.15) is 5.69 Å². The zero-order valence-corrected chi connectivity index (χ0v) is 15.6. The van der Waals surface area contributed by atoms with Crippen molar-refractivity contribution in [3.63, 3.8) is 0 Å². The average Bonchev–Trinajstić information content (AvgIpc) is 2.82. The van der Waals surface area contributed by atoms with Crippen molar-refractivity contribution in [3.05, 3.63) is 47.0 Å². The van der Waals surface area contributed by atoms with Crippen LogP contribution in [0.5, 0.6) is 0 Å². The number of nitrogens with zero attached hydrogens (tertiary/aromatic N) is 5. The molecule has 0 saturated carbocycles. The second-order valence-electron chi connectivity index (χ2n) is 6.82. The predicted octanol–water partition coefficient (Wildman–Crippen LogP) is 1.24. The molecule has 3 rings (SSSR count). The molecule has 1 saturated heterocycles. The van der Waals surface area contributed by atoms with Gasteiger partial charge in [-0.1, -0.05) is 6.07 Å². The Labute approximate surface area is 154 Å². The van der Waals surface area contributed by atoms with E-state index in [0.29, 0.717) is 18.8 Å². The Balaban J connectivity index is 1.61. The minimum absolute atomic E-state index is 0.0249. The number of hydrogen-bond acceptors (Lipinski definition) is 5. The van der Waals surface area contributed by atoms with Crippen molar-refractivity contribution in [3.8, 4) is 0 Å². The van der Waals surface area contributed by atoms with E-state index in [2.05, 4.69) is 15.0 Å². The first-order valence-corrected chi connectivity index (χ1v) is 9.15. The van der Waals surface area contributed by atoms with Gasteiger partial charge in [-0.3, -0.25) is 19.4 Å². The molecular formula is C19H27N5O2. The van der Waals surface area contributed by atoms with Crippen LogP contribution in [0.3, 0.4) is 0 Å². The maximum Gasteiger partial charge on any atom is 0.272 e. The number of rotatable bonds is 5. The lowest BCUT2D eigenvalue weighted by molar-refractivity contribution is 0.0754. The zero-order valence-electron chi connectivity index (χ0n) is 15.6. The van der Waals surface area contributed by atoms with Gasteiger partial charge in [0, 0.05) is 50.7 Å². The Morgan fingerprint density at radius 1 is 1.23 bits per heavy atom. The van der Waals surface area contributed by atoms with E-state index < -0.39 is 0 Å². The van der Waals surface area contributed by atoms with Crippen LogP contribution in [0.1, 0.15) is 33.7 Å². The number of carbonyl (C=O) groups is 1. The Kier molecular flexibility index (Phi) is 6.00. The maximum atomic E-state index is 12.8. The number of aliphatic hydroxyl groups excluding tert-OH is 1. The number of aromatic nitrogens is 3. The van der Waals surface area contributed by atoms with Crippen molar-refractivity contribution < 1.29 is 9.90 Å². The minimum Gasteiger partial charge on any atom is -0.394 e. The molecular weight excluding hydrogens is 330 g/mol. The number of carbonyl (C=O) groups excluding carboxylic acids is 1. The van der Waals surface area contributed by atoms with Crippen LogP contribution in [0.4, 0.5) is 0 Å². The van der Waals surface area contributed by atoms with Gasteiger partial charge in [-0.05, 0) is 31.9 Å². The van der Waals surface area contributed by atoms with E-state index in [4.69, 9.17) is 5.11 Å². The average molecular weight is 357 g/mol. The number of aryl methyl sites for hydroxylation is 2. The minimum atomic E-state index is 0.0249. The van der Waals surface area contributed by atoms with Crippen LogP contribution in [0, 0.1) is 13.8 Å². The van der Waals surface area contributed by atoms with Gasteiger partial charge in [0.15, 0.2) is 0 Å². The largest absolute Gasteiger partial charge is 0.394 e. The zero-order chi connectivity index (χ0) is 18.5. The second-order valence-corrected chi connectivity index (χ2v) is 6.82. The van der Waals surface area contributed by atoms with E-state index in [1.54, 1.807) is 10.9 Å². The molecule has 1 amide bonds. The molecule has 7 nitrogen and oxygen atoms in total. The lowest BCUT2D eigenvalue weighted by Gasteiger charge is -2.22. The van der Waals surface area contributed by atoms with Crippen LogP contribution in [-0.2, 0) is 13.1 Å². The monoisotopic (exact) mass is 357 g/mol. The van der Waals surface area contributed by atoms with E-state index in [-0.39, 0.29) is 12.5 Å². The molecule has 26 heavy (non-hydrogen) atoms. The highest BCUT2D eigenvalue weighted by Crippen LogP contribution is 2.14. The number of hydrogen-bond donors (Lipinski definition) is 1. The number of aliphatic hydroxyl groups is 1. The van der Waals surface area contributed by atoms with E-state index in [9.17, 15) is 4.79 Å². The van der Waals surface area contributed by atoms with Gasteiger partial charge >= 0.3 is 0 Å². The summed E-state index contributed by atoms with van der Waals surface area (Å²) >= 11 is 0. The Morgan fingerprint density at radius 2 is 2.08 bits per heavy atom. The highest BCUT2D eigenvalue weighted by Gasteiger charge is 2.22. The fraction of sp³-hybridized carbons (Fsp3) is 0.526. The molecule has 0 aliphatic carbocycles. The van der Waals surface area contributed by atoms with Gasteiger partial charge in [-0.15, -0.1) is 0 Å². The van der Waals surface area contributed by atoms with Crippen LogP contribution in [0.15, 0.2) is 24.5 Å².